The molecular weight excluding hydrogens is 520 g/mol. The van der Waals surface area contributed by atoms with Gasteiger partial charge in [0, 0.05) is 17.3 Å². The number of anilines is 1. The highest BCUT2D eigenvalue weighted by Crippen LogP contribution is 2.30. The van der Waals surface area contributed by atoms with Crippen LogP contribution in [0, 0.1) is 12.3 Å². The van der Waals surface area contributed by atoms with Crippen molar-refractivity contribution in [2.45, 2.75) is 64.8 Å². The molecule has 3 aromatic carbocycles. The van der Waals surface area contributed by atoms with Crippen LogP contribution in [0.15, 0.2) is 66.7 Å². The molecule has 3 rings (SSSR count). The van der Waals surface area contributed by atoms with E-state index in [4.69, 9.17) is 16.9 Å². The summed E-state index contributed by atoms with van der Waals surface area (Å²) in [7, 11) is 0. The molecule has 0 heterocycles. The standard InChI is InChI=1S/C32H36N4O5/c1-7-21-12-10-11-15-25(21)28(29(38)34-24-17-16-22-13-8-9-14-23(22)18-24)36(20(2)3)30(39)26(19-27(33)37)35-31(40)41-32(4,5)6/h1,8-18,20,26,28H,19H2,2-6H3,(H2,33,37)(H,34,38)(H,35,40). The highest BCUT2D eigenvalue weighted by molar-refractivity contribution is 6.01. The van der Waals surface area contributed by atoms with Crippen LogP contribution in [0.2, 0.25) is 0 Å². The molecule has 0 aliphatic carbocycles. The molecule has 0 aliphatic heterocycles. The first-order valence-electron chi connectivity index (χ1n) is 13.3. The zero-order valence-corrected chi connectivity index (χ0v) is 23.9. The molecule has 0 saturated carbocycles. The Labute approximate surface area is 240 Å². The van der Waals surface area contributed by atoms with Crippen molar-refractivity contribution in [1.82, 2.24) is 10.2 Å². The van der Waals surface area contributed by atoms with Gasteiger partial charge in [-0.2, -0.15) is 0 Å². The lowest BCUT2D eigenvalue weighted by atomic mass is 9.96. The number of fused-ring (bicyclic) bond motifs is 1. The van der Waals surface area contributed by atoms with Gasteiger partial charge in [0.2, 0.25) is 11.8 Å². The summed E-state index contributed by atoms with van der Waals surface area (Å²) in [5, 5.41) is 7.30. The molecule has 3 aromatic rings. The third kappa shape index (κ3) is 8.08. The van der Waals surface area contributed by atoms with E-state index in [1.165, 1.54) is 4.90 Å². The van der Waals surface area contributed by atoms with Crippen molar-refractivity contribution in [3.63, 3.8) is 0 Å². The van der Waals surface area contributed by atoms with Crippen molar-refractivity contribution in [1.29, 1.82) is 0 Å². The van der Waals surface area contributed by atoms with Crippen molar-refractivity contribution in [3.8, 4) is 12.3 Å². The third-order valence-electron chi connectivity index (χ3n) is 6.16. The van der Waals surface area contributed by atoms with Gasteiger partial charge in [-0.25, -0.2) is 4.79 Å². The first-order valence-corrected chi connectivity index (χ1v) is 13.3. The number of alkyl carbamates (subject to hydrolysis) is 1. The lowest BCUT2D eigenvalue weighted by Gasteiger charge is -2.37. The van der Waals surface area contributed by atoms with Gasteiger partial charge >= 0.3 is 6.09 Å². The minimum atomic E-state index is -1.39. The Morgan fingerprint density at radius 3 is 2.22 bits per heavy atom. The van der Waals surface area contributed by atoms with Crippen LogP contribution in [-0.2, 0) is 19.1 Å². The average molecular weight is 557 g/mol. The first kappa shape index (κ1) is 30.7. The number of hydrogen-bond donors (Lipinski definition) is 3. The van der Waals surface area contributed by atoms with Gasteiger partial charge in [-0.05, 0) is 69.2 Å². The van der Waals surface area contributed by atoms with E-state index in [0.29, 0.717) is 16.8 Å². The Hall–Kier alpha value is -4.84. The summed E-state index contributed by atoms with van der Waals surface area (Å²) in [6.45, 7) is 8.45. The van der Waals surface area contributed by atoms with Gasteiger partial charge in [0.1, 0.15) is 17.7 Å². The minimum absolute atomic E-state index is 0.408. The first-order chi connectivity index (χ1) is 19.3. The molecule has 0 aromatic heterocycles. The summed E-state index contributed by atoms with van der Waals surface area (Å²) < 4.78 is 5.30. The second-order valence-corrected chi connectivity index (χ2v) is 10.9. The lowest BCUT2D eigenvalue weighted by Crippen LogP contribution is -2.55. The Balaban J connectivity index is 2.07. The molecule has 0 spiro atoms. The molecule has 0 aliphatic rings. The molecule has 9 heteroatoms. The molecule has 0 saturated heterocycles. The number of rotatable bonds is 9. The molecule has 214 valence electrons. The number of nitrogens with zero attached hydrogens (tertiary/aromatic N) is 1. The number of amides is 4. The highest BCUT2D eigenvalue weighted by atomic mass is 16.6. The third-order valence-corrected chi connectivity index (χ3v) is 6.16. The second-order valence-electron chi connectivity index (χ2n) is 10.9. The predicted octanol–water partition coefficient (Wildman–Crippen LogP) is 4.51. The summed E-state index contributed by atoms with van der Waals surface area (Å²) in [6.07, 6.45) is 4.38. The van der Waals surface area contributed by atoms with Crippen LogP contribution >= 0.6 is 0 Å². The average Bonchev–Trinajstić information content (AvgIpc) is 2.89. The Bertz CT molecular complexity index is 1490. The van der Waals surface area contributed by atoms with Gasteiger partial charge in [0.05, 0.1) is 6.42 Å². The van der Waals surface area contributed by atoms with Crippen LogP contribution in [0.5, 0.6) is 0 Å². The number of benzene rings is 3. The van der Waals surface area contributed by atoms with E-state index in [1.807, 2.05) is 36.4 Å². The monoisotopic (exact) mass is 556 g/mol. The molecule has 2 unspecified atom stereocenters. The van der Waals surface area contributed by atoms with Crippen LogP contribution in [0.25, 0.3) is 10.8 Å². The topological polar surface area (TPSA) is 131 Å². The Morgan fingerprint density at radius 1 is 0.976 bits per heavy atom. The molecule has 41 heavy (non-hydrogen) atoms. The van der Waals surface area contributed by atoms with E-state index in [-0.39, 0.29) is 0 Å². The van der Waals surface area contributed by atoms with E-state index < -0.39 is 54.0 Å². The zero-order chi connectivity index (χ0) is 30.3. The number of carbonyl (C=O) groups is 4. The fourth-order valence-corrected chi connectivity index (χ4v) is 4.47. The van der Waals surface area contributed by atoms with Crippen LogP contribution in [0.1, 0.15) is 58.2 Å². The Morgan fingerprint density at radius 2 is 1.61 bits per heavy atom. The van der Waals surface area contributed by atoms with Crippen molar-refractivity contribution in [2.75, 3.05) is 5.32 Å². The van der Waals surface area contributed by atoms with E-state index in [2.05, 4.69) is 16.6 Å². The Kier molecular flexibility index (Phi) is 9.74. The van der Waals surface area contributed by atoms with Crippen molar-refractivity contribution in [3.05, 3.63) is 77.9 Å². The van der Waals surface area contributed by atoms with Gasteiger partial charge in [-0.15, -0.1) is 6.42 Å². The number of nitrogens with two attached hydrogens (primary N) is 1. The lowest BCUT2D eigenvalue weighted by molar-refractivity contribution is -0.143. The summed E-state index contributed by atoms with van der Waals surface area (Å²) in [5.41, 5.74) is 5.93. The van der Waals surface area contributed by atoms with Crippen LogP contribution in [0.3, 0.4) is 0 Å². The molecule has 0 radical (unpaired) electrons. The highest BCUT2D eigenvalue weighted by Gasteiger charge is 2.39. The van der Waals surface area contributed by atoms with Crippen LogP contribution < -0.4 is 16.4 Å². The van der Waals surface area contributed by atoms with Gasteiger partial charge in [0.15, 0.2) is 0 Å². The van der Waals surface area contributed by atoms with Crippen molar-refractivity contribution < 1.29 is 23.9 Å². The molecule has 0 fully saturated rings. The number of ether oxygens (including phenoxy) is 1. The molecule has 4 amide bonds. The fraction of sp³-hybridized carbons (Fsp3) is 0.312. The number of nitrogens with one attached hydrogen (secondary N) is 2. The molecule has 0 bridgehead atoms. The molecule has 9 nitrogen and oxygen atoms in total. The van der Waals surface area contributed by atoms with Gasteiger partial charge in [-0.1, -0.05) is 54.5 Å². The normalized spacial score (nSPS) is 12.6. The zero-order valence-electron chi connectivity index (χ0n) is 23.9. The minimum Gasteiger partial charge on any atom is -0.444 e. The molecule has 2 atom stereocenters. The van der Waals surface area contributed by atoms with Gasteiger partial charge in [-0.3, -0.25) is 14.4 Å². The number of primary amides is 1. The van der Waals surface area contributed by atoms with Crippen molar-refractivity contribution in [2.24, 2.45) is 5.73 Å². The summed E-state index contributed by atoms with van der Waals surface area (Å²) in [4.78, 5) is 54.0. The van der Waals surface area contributed by atoms with Crippen LogP contribution in [0.4, 0.5) is 10.5 Å². The summed E-state index contributed by atoms with van der Waals surface area (Å²) >= 11 is 0. The maximum absolute atomic E-state index is 14.1. The SMILES string of the molecule is C#Cc1ccccc1C(C(=O)Nc1ccc2ccccc2c1)N(C(=O)C(CC(N)=O)NC(=O)OC(C)(C)C)C(C)C. The predicted molar refractivity (Wildman–Crippen MR) is 159 cm³/mol. The van der Waals surface area contributed by atoms with Crippen LogP contribution in [-0.4, -0.2) is 46.4 Å². The number of hydrogen-bond acceptors (Lipinski definition) is 5. The second kappa shape index (κ2) is 13.0. The van der Waals surface area contributed by atoms with E-state index in [0.717, 1.165) is 10.8 Å². The quantitative estimate of drug-likeness (QED) is 0.334. The maximum Gasteiger partial charge on any atom is 0.408 e. The molecular formula is C32H36N4O5. The van der Waals surface area contributed by atoms with E-state index in [1.54, 1.807) is 65.0 Å². The van der Waals surface area contributed by atoms with E-state index >= 15 is 0 Å². The smallest absolute Gasteiger partial charge is 0.408 e. The van der Waals surface area contributed by atoms with Gasteiger partial charge in [0.25, 0.3) is 5.91 Å². The molecule has 4 N–H and O–H groups in total. The number of carbonyl (C=O) groups excluding carboxylic acids is 4. The fourth-order valence-electron chi connectivity index (χ4n) is 4.47. The summed E-state index contributed by atoms with van der Waals surface area (Å²) in [5.74, 6) is 0.547. The summed E-state index contributed by atoms with van der Waals surface area (Å²) in [6, 6.07) is 16.8. The number of terminal acetylenes is 1. The van der Waals surface area contributed by atoms with E-state index in [9.17, 15) is 19.2 Å². The van der Waals surface area contributed by atoms with Crippen molar-refractivity contribution >= 4 is 40.3 Å². The largest absolute Gasteiger partial charge is 0.444 e. The maximum atomic E-state index is 14.1. The van der Waals surface area contributed by atoms with Gasteiger partial charge < -0.3 is 26.0 Å².